The minimum Gasteiger partial charge on any atom is -0.315 e. The maximum atomic E-state index is 6.55. The molecule has 0 saturated carbocycles. The van der Waals surface area contributed by atoms with E-state index in [1.54, 1.807) is 0 Å². The Labute approximate surface area is 152 Å². The van der Waals surface area contributed by atoms with Crippen LogP contribution in [0.5, 0.6) is 0 Å². The van der Waals surface area contributed by atoms with Crippen LogP contribution in [0.15, 0.2) is 30.3 Å². The Hall–Kier alpha value is -0.580. The summed E-state index contributed by atoms with van der Waals surface area (Å²) in [7, 11) is 0. The third-order valence-corrected chi connectivity index (χ3v) is 6.14. The van der Waals surface area contributed by atoms with Crippen LogP contribution in [-0.2, 0) is 6.42 Å². The highest BCUT2D eigenvalue weighted by Gasteiger charge is 2.26. The second-order valence-electron chi connectivity index (χ2n) is 5.87. The van der Waals surface area contributed by atoms with E-state index in [1.807, 2.05) is 23.5 Å². The fourth-order valence-corrected chi connectivity index (χ4v) is 4.73. The Morgan fingerprint density at radius 2 is 2.04 bits per heavy atom. The molecule has 2 heterocycles. The van der Waals surface area contributed by atoms with Gasteiger partial charge in [0.25, 0.3) is 0 Å². The summed E-state index contributed by atoms with van der Waals surface area (Å²) in [5, 5.41) is 4.93. The lowest BCUT2D eigenvalue weighted by Crippen LogP contribution is -2.32. The highest BCUT2D eigenvalue weighted by atomic mass is 35.5. The standard InChI is InChI=1S/C18H22Cl2N2S/c1-2-14-5-7-17(23-14)18(22-10-3-8-21-9-11-22)15-6-4-13(19)12-16(15)20/h4-7,12,18,21H,2-3,8-11H2,1H3. The van der Waals surface area contributed by atoms with Gasteiger partial charge in [-0.1, -0.05) is 36.2 Å². The number of thiophene rings is 1. The fourth-order valence-electron chi connectivity index (χ4n) is 3.11. The first kappa shape index (κ1) is 17.2. The molecule has 124 valence electrons. The van der Waals surface area contributed by atoms with Crippen molar-refractivity contribution in [2.75, 3.05) is 26.2 Å². The Morgan fingerprint density at radius 1 is 1.17 bits per heavy atom. The van der Waals surface area contributed by atoms with Gasteiger partial charge in [-0.2, -0.15) is 0 Å². The summed E-state index contributed by atoms with van der Waals surface area (Å²) in [6, 6.07) is 10.6. The fraction of sp³-hybridized carbons (Fsp3) is 0.444. The van der Waals surface area contributed by atoms with Crippen LogP contribution in [0.25, 0.3) is 0 Å². The third kappa shape index (κ3) is 4.09. The van der Waals surface area contributed by atoms with Gasteiger partial charge in [-0.3, -0.25) is 4.90 Å². The zero-order chi connectivity index (χ0) is 16.2. The minimum absolute atomic E-state index is 0.213. The average molecular weight is 369 g/mol. The molecule has 0 radical (unpaired) electrons. The van der Waals surface area contributed by atoms with Crippen molar-refractivity contribution in [3.8, 4) is 0 Å². The van der Waals surface area contributed by atoms with Gasteiger partial charge in [0, 0.05) is 39.4 Å². The quantitative estimate of drug-likeness (QED) is 0.816. The molecule has 1 aromatic heterocycles. The number of halogens is 2. The van der Waals surface area contributed by atoms with Crippen LogP contribution in [0, 0.1) is 0 Å². The highest BCUT2D eigenvalue weighted by molar-refractivity contribution is 7.12. The van der Waals surface area contributed by atoms with Crippen molar-refractivity contribution in [1.29, 1.82) is 0 Å². The van der Waals surface area contributed by atoms with E-state index < -0.39 is 0 Å². The molecular formula is C18H22Cl2N2S. The van der Waals surface area contributed by atoms with Crippen LogP contribution < -0.4 is 5.32 Å². The van der Waals surface area contributed by atoms with Gasteiger partial charge in [-0.05, 0) is 49.2 Å². The molecule has 5 heteroatoms. The topological polar surface area (TPSA) is 15.3 Å². The Bertz CT molecular complexity index is 648. The van der Waals surface area contributed by atoms with E-state index in [0.29, 0.717) is 5.02 Å². The van der Waals surface area contributed by atoms with Gasteiger partial charge in [0.1, 0.15) is 0 Å². The van der Waals surface area contributed by atoms with E-state index in [4.69, 9.17) is 23.2 Å². The molecule has 1 N–H and O–H groups in total. The van der Waals surface area contributed by atoms with E-state index in [1.165, 1.54) is 9.75 Å². The summed E-state index contributed by atoms with van der Waals surface area (Å²) in [5.74, 6) is 0. The molecular weight excluding hydrogens is 347 g/mol. The molecule has 1 aliphatic rings. The summed E-state index contributed by atoms with van der Waals surface area (Å²) in [6.45, 7) is 6.42. The molecule has 0 bridgehead atoms. The van der Waals surface area contributed by atoms with Crippen molar-refractivity contribution in [3.05, 3.63) is 55.7 Å². The SMILES string of the molecule is CCc1ccc(C(c2ccc(Cl)cc2Cl)N2CCCNCC2)s1. The third-order valence-electron chi connectivity index (χ3n) is 4.30. The van der Waals surface area contributed by atoms with Gasteiger partial charge in [-0.25, -0.2) is 0 Å². The molecule has 2 nitrogen and oxygen atoms in total. The van der Waals surface area contributed by atoms with E-state index in [-0.39, 0.29) is 6.04 Å². The monoisotopic (exact) mass is 368 g/mol. The highest BCUT2D eigenvalue weighted by Crippen LogP contribution is 2.38. The summed E-state index contributed by atoms with van der Waals surface area (Å²) >= 11 is 14.5. The minimum atomic E-state index is 0.213. The zero-order valence-corrected chi connectivity index (χ0v) is 15.6. The largest absolute Gasteiger partial charge is 0.315 e. The maximum Gasteiger partial charge on any atom is 0.0711 e. The number of rotatable bonds is 4. The lowest BCUT2D eigenvalue weighted by Gasteiger charge is -2.31. The van der Waals surface area contributed by atoms with Crippen molar-refractivity contribution in [1.82, 2.24) is 10.2 Å². The molecule has 3 rings (SSSR count). The molecule has 0 spiro atoms. The van der Waals surface area contributed by atoms with Crippen LogP contribution in [0.2, 0.25) is 10.0 Å². The molecule has 1 saturated heterocycles. The van der Waals surface area contributed by atoms with Gasteiger partial charge >= 0.3 is 0 Å². The molecule has 1 atom stereocenters. The van der Waals surface area contributed by atoms with E-state index >= 15 is 0 Å². The summed E-state index contributed by atoms with van der Waals surface area (Å²) in [6.07, 6.45) is 2.24. The van der Waals surface area contributed by atoms with E-state index in [9.17, 15) is 0 Å². The van der Waals surface area contributed by atoms with Gasteiger partial charge in [-0.15, -0.1) is 11.3 Å². The summed E-state index contributed by atoms with van der Waals surface area (Å²) < 4.78 is 0. The summed E-state index contributed by atoms with van der Waals surface area (Å²) in [5.41, 5.74) is 1.16. The van der Waals surface area contributed by atoms with Crippen LogP contribution in [0.3, 0.4) is 0 Å². The Kier molecular flexibility index (Phi) is 6.00. The molecule has 0 aliphatic carbocycles. The maximum absolute atomic E-state index is 6.55. The first-order valence-electron chi connectivity index (χ1n) is 8.17. The van der Waals surface area contributed by atoms with Crippen LogP contribution >= 0.6 is 34.5 Å². The van der Waals surface area contributed by atoms with Crippen molar-refractivity contribution in [2.24, 2.45) is 0 Å². The molecule has 23 heavy (non-hydrogen) atoms. The molecule has 1 aliphatic heterocycles. The summed E-state index contributed by atoms with van der Waals surface area (Å²) in [4.78, 5) is 5.33. The van der Waals surface area contributed by atoms with Crippen molar-refractivity contribution in [3.63, 3.8) is 0 Å². The molecule has 2 aromatic rings. The first-order valence-corrected chi connectivity index (χ1v) is 9.74. The Balaban J connectivity index is 2.01. The number of aryl methyl sites for hydroxylation is 1. The molecule has 1 fully saturated rings. The van der Waals surface area contributed by atoms with Crippen molar-refractivity contribution < 1.29 is 0 Å². The van der Waals surface area contributed by atoms with Crippen LogP contribution in [0.4, 0.5) is 0 Å². The second-order valence-corrected chi connectivity index (χ2v) is 7.91. The van der Waals surface area contributed by atoms with Gasteiger partial charge in [0.2, 0.25) is 0 Å². The average Bonchev–Trinajstić information content (AvgIpc) is 2.85. The number of benzene rings is 1. The van der Waals surface area contributed by atoms with E-state index in [0.717, 1.165) is 49.6 Å². The second kappa shape index (κ2) is 8.00. The van der Waals surface area contributed by atoms with Gasteiger partial charge in [0.15, 0.2) is 0 Å². The predicted octanol–water partition coefficient (Wildman–Crippen LogP) is 5.00. The zero-order valence-electron chi connectivity index (χ0n) is 13.3. The normalized spacial score (nSPS) is 17.9. The lowest BCUT2D eigenvalue weighted by molar-refractivity contribution is 0.244. The predicted molar refractivity (Wildman–Crippen MR) is 101 cm³/mol. The number of nitrogens with zero attached hydrogens (tertiary/aromatic N) is 1. The van der Waals surface area contributed by atoms with Gasteiger partial charge < -0.3 is 5.32 Å². The van der Waals surface area contributed by atoms with Crippen LogP contribution in [-0.4, -0.2) is 31.1 Å². The number of hydrogen-bond donors (Lipinski definition) is 1. The molecule has 1 unspecified atom stereocenters. The number of hydrogen-bond acceptors (Lipinski definition) is 3. The van der Waals surface area contributed by atoms with Gasteiger partial charge in [0.05, 0.1) is 6.04 Å². The molecule has 1 aromatic carbocycles. The van der Waals surface area contributed by atoms with Crippen molar-refractivity contribution in [2.45, 2.75) is 25.8 Å². The molecule has 0 amide bonds. The Morgan fingerprint density at radius 3 is 2.78 bits per heavy atom. The van der Waals surface area contributed by atoms with E-state index in [2.05, 4.69) is 35.3 Å². The smallest absolute Gasteiger partial charge is 0.0711 e. The lowest BCUT2D eigenvalue weighted by atomic mass is 10.0. The van der Waals surface area contributed by atoms with Crippen molar-refractivity contribution >= 4 is 34.5 Å². The number of nitrogens with one attached hydrogen (secondary N) is 1. The first-order chi connectivity index (χ1) is 11.2. The van der Waals surface area contributed by atoms with Crippen LogP contribution in [0.1, 0.15) is 34.7 Å².